The average Bonchev–Trinajstić information content (AvgIpc) is 2.64. The summed E-state index contributed by atoms with van der Waals surface area (Å²) < 4.78 is 131. The van der Waals surface area contributed by atoms with Crippen LogP contribution in [-0.4, -0.2) is 12.8 Å². The summed E-state index contributed by atoms with van der Waals surface area (Å²) >= 11 is 0. The van der Waals surface area contributed by atoms with Crippen molar-refractivity contribution in [3.05, 3.63) is 58.2 Å². The van der Waals surface area contributed by atoms with Gasteiger partial charge in [0, 0.05) is 0 Å². The molecule has 11 heteroatoms. The standard InChI is InChI=1S/C12F10.C3H9P/c13-3-1(4(14)8(18)11(21)7(3)17)2-5(15)9(19)12(22)10(20)6(2)16;1-3-4-2/h;4H,3H2,1-2H3. The zero-order valence-corrected chi connectivity index (χ0v) is 14.0. The van der Waals surface area contributed by atoms with Crippen LogP contribution in [0.15, 0.2) is 0 Å². The summed E-state index contributed by atoms with van der Waals surface area (Å²) in [6.07, 6.45) is 1.35. The predicted molar refractivity (Wildman–Crippen MR) is 76.2 cm³/mol. The van der Waals surface area contributed by atoms with Crippen LogP contribution in [0.25, 0.3) is 11.1 Å². The van der Waals surface area contributed by atoms with Crippen LogP contribution in [-0.2, 0) is 0 Å². The molecular weight excluding hydrogens is 401 g/mol. The van der Waals surface area contributed by atoms with Crippen LogP contribution < -0.4 is 0 Å². The molecule has 26 heavy (non-hydrogen) atoms. The Morgan fingerprint density at radius 1 is 0.462 bits per heavy atom. The first-order valence-corrected chi connectivity index (χ1v) is 8.41. The first-order valence-electron chi connectivity index (χ1n) is 6.70. The molecule has 0 radical (unpaired) electrons. The third kappa shape index (κ3) is 3.79. The molecular formula is C15H9F10P. The molecule has 0 aromatic heterocycles. The van der Waals surface area contributed by atoms with Crippen molar-refractivity contribution in [2.75, 3.05) is 12.8 Å². The quantitative estimate of drug-likeness (QED) is 0.244. The summed E-state index contributed by atoms with van der Waals surface area (Å²) in [6, 6.07) is 0. The van der Waals surface area contributed by atoms with Crippen molar-refractivity contribution in [3.8, 4) is 11.1 Å². The highest BCUT2D eigenvalue weighted by atomic mass is 31.1. The van der Waals surface area contributed by atoms with Gasteiger partial charge in [-0.3, -0.25) is 0 Å². The number of rotatable bonds is 2. The largest absolute Gasteiger partial charge is 0.203 e. The summed E-state index contributed by atoms with van der Waals surface area (Å²) in [6.45, 7) is 4.40. The topological polar surface area (TPSA) is 0 Å². The zero-order valence-electron chi connectivity index (χ0n) is 13.0. The molecule has 0 bridgehead atoms. The minimum atomic E-state index is -2.68. The predicted octanol–water partition coefficient (Wildman–Crippen LogP) is 6.06. The highest BCUT2D eigenvalue weighted by Crippen LogP contribution is 2.37. The Morgan fingerprint density at radius 2 is 0.615 bits per heavy atom. The molecule has 0 spiro atoms. The zero-order chi connectivity index (χ0) is 20.3. The van der Waals surface area contributed by atoms with E-state index in [-0.39, 0.29) is 0 Å². The smallest absolute Gasteiger partial charge is 0.200 e. The fourth-order valence-electron chi connectivity index (χ4n) is 1.65. The van der Waals surface area contributed by atoms with Gasteiger partial charge in [-0.2, -0.15) is 0 Å². The number of hydrogen-bond acceptors (Lipinski definition) is 0. The molecule has 2 aromatic carbocycles. The van der Waals surface area contributed by atoms with Gasteiger partial charge in [-0.1, -0.05) is 6.92 Å². The monoisotopic (exact) mass is 410 g/mol. The molecule has 0 saturated carbocycles. The molecule has 0 nitrogen and oxygen atoms in total. The first kappa shape index (κ1) is 22.2. The van der Waals surface area contributed by atoms with Crippen LogP contribution in [0.3, 0.4) is 0 Å². The third-order valence-corrected chi connectivity index (χ3v) is 3.73. The van der Waals surface area contributed by atoms with E-state index in [4.69, 9.17) is 0 Å². The fraction of sp³-hybridized carbons (Fsp3) is 0.200. The SMILES string of the molecule is CCPC.Fc1c(F)c(F)c(-c2c(F)c(F)c(F)c(F)c2F)c(F)c1F. The Balaban J connectivity index is 0.000000765. The van der Waals surface area contributed by atoms with E-state index in [0.717, 1.165) is 8.58 Å². The van der Waals surface area contributed by atoms with Crippen molar-refractivity contribution in [1.82, 2.24) is 0 Å². The van der Waals surface area contributed by atoms with Gasteiger partial charge < -0.3 is 0 Å². The van der Waals surface area contributed by atoms with Gasteiger partial charge in [-0.15, -0.1) is 8.58 Å². The lowest BCUT2D eigenvalue weighted by atomic mass is 10.0. The molecule has 0 aliphatic carbocycles. The van der Waals surface area contributed by atoms with E-state index in [0.29, 0.717) is 0 Å². The number of halogens is 10. The molecule has 1 atom stereocenters. The summed E-state index contributed by atoms with van der Waals surface area (Å²) in [5, 5.41) is 0. The minimum Gasteiger partial charge on any atom is -0.203 e. The van der Waals surface area contributed by atoms with Crippen LogP contribution in [0.4, 0.5) is 43.9 Å². The van der Waals surface area contributed by atoms with E-state index >= 15 is 0 Å². The van der Waals surface area contributed by atoms with Gasteiger partial charge in [0.05, 0.1) is 11.1 Å². The highest BCUT2D eigenvalue weighted by Gasteiger charge is 2.34. The van der Waals surface area contributed by atoms with Crippen LogP contribution in [0, 0.1) is 58.2 Å². The minimum absolute atomic E-state index is 1.14. The van der Waals surface area contributed by atoms with E-state index in [1.54, 1.807) is 0 Å². The van der Waals surface area contributed by atoms with Crippen molar-refractivity contribution < 1.29 is 43.9 Å². The Morgan fingerprint density at radius 3 is 0.769 bits per heavy atom. The lowest BCUT2D eigenvalue weighted by Crippen LogP contribution is -2.10. The Labute approximate surface area is 142 Å². The van der Waals surface area contributed by atoms with Crippen molar-refractivity contribution >= 4 is 8.58 Å². The van der Waals surface area contributed by atoms with E-state index in [1.165, 1.54) is 6.16 Å². The number of hydrogen-bond donors (Lipinski definition) is 0. The van der Waals surface area contributed by atoms with E-state index in [9.17, 15) is 43.9 Å². The molecule has 0 amide bonds. The normalized spacial score (nSPS) is 11.1. The maximum atomic E-state index is 13.4. The van der Waals surface area contributed by atoms with Gasteiger partial charge in [0.2, 0.25) is 11.6 Å². The van der Waals surface area contributed by atoms with Crippen LogP contribution in [0.2, 0.25) is 0 Å². The molecule has 2 rings (SSSR count). The summed E-state index contributed by atoms with van der Waals surface area (Å²) in [7, 11) is 1.14. The fourth-order valence-corrected chi connectivity index (χ4v) is 1.65. The molecule has 0 saturated heterocycles. The maximum absolute atomic E-state index is 13.4. The Bertz CT molecular complexity index is 707. The molecule has 0 fully saturated rings. The second-order valence-corrected chi connectivity index (χ2v) is 6.01. The van der Waals surface area contributed by atoms with E-state index < -0.39 is 69.3 Å². The van der Waals surface area contributed by atoms with Gasteiger partial charge in [-0.05, 0) is 12.8 Å². The van der Waals surface area contributed by atoms with Crippen molar-refractivity contribution in [2.45, 2.75) is 6.92 Å². The van der Waals surface area contributed by atoms with E-state index in [2.05, 4.69) is 13.6 Å². The van der Waals surface area contributed by atoms with Gasteiger partial charge in [0.15, 0.2) is 46.5 Å². The second kappa shape index (κ2) is 8.70. The van der Waals surface area contributed by atoms with Crippen LogP contribution in [0.1, 0.15) is 6.92 Å². The maximum Gasteiger partial charge on any atom is 0.200 e. The molecule has 1 unspecified atom stereocenters. The van der Waals surface area contributed by atoms with Gasteiger partial charge in [0.25, 0.3) is 0 Å². The molecule has 0 aliphatic rings. The van der Waals surface area contributed by atoms with E-state index in [1.807, 2.05) is 0 Å². The van der Waals surface area contributed by atoms with Gasteiger partial charge >= 0.3 is 0 Å². The van der Waals surface area contributed by atoms with Crippen molar-refractivity contribution in [2.24, 2.45) is 0 Å². The van der Waals surface area contributed by atoms with Crippen molar-refractivity contribution in [3.63, 3.8) is 0 Å². The molecule has 0 heterocycles. The highest BCUT2D eigenvalue weighted by molar-refractivity contribution is 7.36. The lowest BCUT2D eigenvalue weighted by molar-refractivity contribution is 0.370. The molecule has 0 N–H and O–H groups in total. The van der Waals surface area contributed by atoms with Gasteiger partial charge in [-0.25, -0.2) is 43.9 Å². The van der Waals surface area contributed by atoms with Gasteiger partial charge in [0.1, 0.15) is 0 Å². The van der Waals surface area contributed by atoms with Crippen molar-refractivity contribution in [1.29, 1.82) is 0 Å². The summed E-state index contributed by atoms with van der Waals surface area (Å²) in [5.74, 6) is -26.6. The summed E-state index contributed by atoms with van der Waals surface area (Å²) in [5.41, 5.74) is -4.52. The molecule has 144 valence electrons. The first-order chi connectivity index (χ1) is 12.0. The molecule has 0 aliphatic heterocycles. The molecule has 2 aromatic rings. The summed E-state index contributed by atoms with van der Waals surface area (Å²) in [4.78, 5) is 0. The lowest BCUT2D eigenvalue weighted by Gasteiger charge is -2.11. The average molecular weight is 410 g/mol. The second-order valence-electron chi connectivity index (χ2n) is 4.60. The Hall–Kier alpha value is -1.83. The Kier molecular flexibility index (Phi) is 7.44. The van der Waals surface area contributed by atoms with Crippen LogP contribution >= 0.6 is 8.58 Å². The number of benzene rings is 2. The van der Waals surface area contributed by atoms with Crippen LogP contribution in [0.5, 0.6) is 0 Å². The third-order valence-electron chi connectivity index (χ3n) is 3.02.